The standard InChI is InChI=1S/C21H25NO5/c1-22(10-11-2-3-11)9-8-20-15-12-4-5-13(23)17(15)27-19(20)14(24)6-7-21(20,26)18(22)16(12)25/h4-5,11,16,18-19,25-26H,2-3,6-10H2,1H3/p+1/t16-,18+,19-,20-,21+,22?/m0/s1. The normalized spacial score (nSPS) is 46.8. The monoisotopic (exact) mass is 372 g/mol. The van der Waals surface area contributed by atoms with E-state index in [0.29, 0.717) is 34.6 Å². The fourth-order valence-corrected chi connectivity index (χ4v) is 7.05. The van der Waals surface area contributed by atoms with Crippen molar-refractivity contribution in [3.63, 3.8) is 0 Å². The van der Waals surface area contributed by atoms with Crippen LogP contribution in [0.2, 0.25) is 0 Å². The summed E-state index contributed by atoms with van der Waals surface area (Å²) in [6, 6.07) is 2.92. The number of Topliss-reactive ketones (excluding diaryl/α,β-unsaturated/α-hetero) is 1. The molecule has 2 bridgehead atoms. The van der Waals surface area contributed by atoms with Crippen LogP contribution in [0.25, 0.3) is 0 Å². The zero-order valence-corrected chi connectivity index (χ0v) is 15.5. The highest BCUT2D eigenvalue weighted by atomic mass is 16.5. The second-order valence-electron chi connectivity index (χ2n) is 9.71. The van der Waals surface area contributed by atoms with Crippen molar-refractivity contribution in [3.8, 4) is 11.5 Å². The van der Waals surface area contributed by atoms with Gasteiger partial charge in [-0.2, -0.15) is 0 Å². The molecule has 144 valence electrons. The van der Waals surface area contributed by atoms with E-state index in [0.717, 1.165) is 18.7 Å². The summed E-state index contributed by atoms with van der Waals surface area (Å²) in [4.78, 5) is 12.8. The Hall–Kier alpha value is -1.63. The van der Waals surface area contributed by atoms with Crippen LogP contribution in [0, 0.1) is 5.92 Å². The van der Waals surface area contributed by atoms with E-state index in [2.05, 4.69) is 7.05 Å². The first-order chi connectivity index (χ1) is 12.8. The zero-order valence-electron chi connectivity index (χ0n) is 15.5. The number of aliphatic hydroxyl groups is 2. The van der Waals surface area contributed by atoms with E-state index in [1.807, 2.05) is 0 Å². The number of nitrogens with zero attached hydrogens (tertiary/aromatic N) is 1. The molecular weight excluding hydrogens is 346 g/mol. The van der Waals surface area contributed by atoms with Crippen molar-refractivity contribution < 1.29 is 29.3 Å². The van der Waals surface area contributed by atoms with Crippen LogP contribution < -0.4 is 4.74 Å². The number of carbonyl (C=O) groups is 1. The molecule has 5 aliphatic rings. The number of phenolic OH excluding ortho intramolecular Hbond substituents is 1. The number of hydrogen-bond donors (Lipinski definition) is 3. The highest BCUT2D eigenvalue weighted by molar-refractivity contribution is 5.90. The van der Waals surface area contributed by atoms with Crippen LogP contribution in [0.15, 0.2) is 12.1 Å². The van der Waals surface area contributed by atoms with Gasteiger partial charge in [-0.1, -0.05) is 6.07 Å². The Bertz CT molecular complexity index is 882. The molecule has 1 spiro atoms. The molecular formula is C21H26NO5+. The topological polar surface area (TPSA) is 87.0 Å². The number of quaternary nitrogens is 1. The molecule has 2 heterocycles. The summed E-state index contributed by atoms with van der Waals surface area (Å²) >= 11 is 0. The summed E-state index contributed by atoms with van der Waals surface area (Å²) in [5.74, 6) is 0.938. The number of hydrogen-bond acceptors (Lipinski definition) is 5. The molecule has 6 rings (SSSR count). The minimum absolute atomic E-state index is 0.00494. The lowest BCUT2D eigenvalue weighted by Gasteiger charge is -2.65. The first-order valence-corrected chi connectivity index (χ1v) is 10.1. The van der Waals surface area contributed by atoms with Gasteiger partial charge in [-0.05, 0) is 30.9 Å². The number of likely N-dealkylation sites (tertiary alicyclic amines) is 1. The maximum Gasteiger partial charge on any atom is 0.174 e. The molecule has 27 heavy (non-hydrogen) atoms. The van der Waals surface area contributed by atoms with Crippen LogP contribution in [0.4, 0.5) is 0 Å². The second-order valence-corrected chi connectivity index (χ2v) is 9.71. The molecule has 1 aromatic carbocycles. The SMILES string of the molecule is C[N+]1(CC2CC2)CC[C@]23c4c5ccc(O)c4O[C@H]2C(=O)CC[C@@]3(O)[C@H]1[C@H]5O. The van der Waals surface area contributed by atoms with Gasteiger partial charge in [-0.25, -0.2) is 0 Å². The first kappa shape index (κ1) is 16.3. The lowest BCUT2D eigenvalue weighted by atomic mass is 9.48. The van der Waals surface area contributed by atoms with Crippen molar-refractivity contribution in [3.05, 3.63) is 23.3 Å². The maximum atomic E-state index is 12.8. The largest absolute Gasteiger partial charge is 0.504 e. The van der Waals surface area contributed by atoms with Gasteiger partial charge in [0, 0.05) is 24.3 Å². The number of ether oxygens (including phenoxy) is 1. The molecule has 1 unspecified atom stereocenters. The third-order valence-corrected chi connectivity index (χ3v) is 8.28. The van der Waals surface area contributed by atoms with Gasteiger partial charge < -0.3 is 24.5 Å². The van der Waals surface area contributed by atoms with Crippen molar-refractivity contribution in [2.75, 3.05) is 20.1 Å². The van der Waals surface area contributed by atoms with Crippen molar-refractivity contribution in [2.24, 2.45) is 5.92 Å². The third kappa shape index (κ3) is 1.67. The van der Waals surface area contributed by atoms with Gasteiger partial charge in [-0.3, -0.25) is 4.79 Å². The molecule has 0 aromatic heterocycles. The molecule has 3 aliphatic carbocycles. The number of likely N-dealkylation sites (N-methyl/N-ethyl adjacent to an activating group) is 1. The van der Waals surface area contributed by atoms with Gasteiger partial charge in [0.1, 0.15) is 17.7 Å². The van der Waals surface area contributed by atoms with E-state index >= 15 is 0 Å². The Kier molecular flexibility index (Phi) is 2.83. The van der Waals surface area contributed by atoms with Crippen molar-refractivity contribution in [2.45, 2.75) is 61.4 Å². The van der Waals surface area contributed by atoms with E-state index in [4.69, 9.17) is 4.74 Å². The lowest BCUT2D eigenvalue weighted by molar-refractivity contribution is -0.955. The van der Waals surface area contributed by atoms with Crippen molar-refractivity contribution in [1.29, 1.82) is 0 Å². The Labute approximate surface area is 158 Å². The predicted molar refractivity (Wildman–Crippen MR) is 95.4 cm³/mol. The Balaban J connectivity index is 1.64. The average molecular weight is 372 g/mol. The van der Waals surface area contributed by atoms with E-state index < -0.39 is 23.2 Å². The summed E-state index contributed by atoms with van der Waals surface area (Å²) in [7, 11) is 2.16. The van der Waals surface area contributed by atoms with Gasteiger partial charge in [0.2, 0.25) is 0 Å². The molecule has 1 aromatic rings. The van der Waals surface area contributed by atoms with Gasteiger partial charge in [0.25, 0.3) is 0 Å². The molecule has 6 atom stereocenters. The Morgan fingerprint density at radius 2 is 2.07 bits per heavy atom. The number of benzene rings is 1. The molecule has 6 nitrogen and oxygen atoms in total. The molecule has 6 heteroatoms. The molecule has 3 N–H and O–H groups in total. The number of piperidine rings is 1. The summed E-state index contributed by atoms with van der Waals surface area (Å²) in [5, 5.41) is 34.0. The quantitative estimate of drug-likeness (QED) is 0.678. The van der Waals surface area contributed by atoms with E-state index in [-0.39, 0.29) is 24.0 Å². The number of aromatic hydroxyl groups is 1. The molecule has 2 saturated carbocycles. The lowest BCUT2D eigenvalue weighted by Crippen LogP contribution is -2.81. The Morgan fingerprint density at radius 3 is 2.81 bits per heavy atom. The van der Waals surface area contributed by atoms with Gasteiger partial charge in [0.05, 0.1) is 25.6 Å². The van der Waals surface area contributed by atoms with Crippen LogP contribution in [0.3, 0.4) is 0 Å². The molecule has 0 amide bonds. The first-order valence-electron chi connectivity index (χ1n) is 10.1. The van der Waals surface area contributed by atoms with Crippen LogP contribution in [-0.2, 0) is 10.2 Å². The zero-order chi connectivity index (χ0) is 18.8. The molecule has 3 fully saturated rings. The average Bonchev–Trinajstić information content (AvgIpc) is 3.34. The van der Waals surface area contributed by atoms with Crippen LogP contribution in [0.1, 0.15) is 49.3 Å². The summed E-state index contributed by atoms with van der Waals surface area (Å²) in [6.45, 7) is 1.75. The Morgan fingerprint density at radius 1 is 1.30 bits per heavy atom. The van der Waals surface area contributed by atoms with Gasteiger partial charge in [-0.15, -0.1) is 0 Å². The van der Waals surface area contributed by atoms with E-state index in [1.165, 1.54) is 12.8 Å². The summed E-state index contributed by atoms with van der Waals surface area (Å²) in [5.41, 5.74) is -0.658. The fourth-order valence-electron chi connectivity index (χ4n) is 7.05. The van der Waals surface area contributed by atoms with Crippen molar-refractivity contribution in [1.82, 2.24) is 0 Å². The third-order valence-electron chi connectivity index (χ3n) is 8.28. The maximum absolute atomic E-state index is 12.8. The van der Waals surface area contributed by atoms with E-state index in [1.54, 1.807) is 12.1 Å². The highest BCUT2D eigenvalue weighted by Gasteiger charge is 2.78. The van der Waals surface area contributed by atoms with Gasteiger partial charge >= 0.3 is 0 Å². The second kappa shape index (κ2) is 4.67. The predicted octanol–water partition coefficient (Wildman–Crippen LogP) is 1.16. The van der Waals surface area contributed by atoms with Gasteiger partial charge in [0.15, 0.2) is 23.4 Å². The summed E-state index contributed by atoms with van der Waals surface area (Å²) in [6.07, 6.45) is 2.08. The molecule has 2 aliphatic heterocycles. The number of ketones is 1. The number of carbonyl (C=O) groups excluding carboxylic acids is 1. The molecule has 1 saturated heterocycles. The minimum Gasteiger partial charge on any atom is -0.504 e. The smallest absolute Gasteiger partial charge is 0.174 e. The van der Waals surface area contributed by atoms with Crippen molar-refractivity contribution >= 4 is 5.78 Å². The van der Waals surface area contributed by atoms with Crippen LogP contribution in [0.5, 0.6) is 11.5 Å². The highest BCUT2D eigenvalue weighted by Crippen LogP contribution is 2.67. The number of aliphatic hydroxyl groups excluding tert-OH is 1. The van der Waals surface area contributed by atoms with Crippen LogP contribution >= 0.6 is 0 Å². The fraction of sp³-hybridized carbons (Fsp3) is 0.667. The molecule has 0 radical (unpaired) electrons. The van der Waals surface area contributed by atoms with Crippen LogP contribution in [-0.4, -0.2) is 63.5 Å². The summed E-state index contributed by atoms with van der Waals surface area (Å²) < 4.78 is 6.66. The number of phenols is 1. The van der Waals surface area contributed by atoms with E-state index in [9.17, 15) is 20.1 Å². The minimum atomic E-state index is -1.21. The number of rotatable bonds is 2.